The second-order valence-electron chi connectivity index (χ2n) is 12.0. The molecule has 0 spiro atoms. The van der Waals surface area contributed by atoms with Gasteiger partial charge in [0, 0.05) is 48.8 Å². The lowest BCUT2D eigenvalue weighted by atomic mass is 10.1. The second kappa shape index (κ2) is 14.6. The van der Waals surface area contributed by atoms with Gasteiger partial charge in [-0.05, 0) is 60.1 Å². The minimum absolute atomic E-state index is 0.0367. The van der Waals surface area contributed by atoms with Crippen molar-refractivity contribution in [2.75, 3.05) is 26.1 Å². The van der Waals surface area contributed by atoms with E-state index >= 15 is 8.78 Å². The molecule has 6 rings (SSSR count). The minimum Gasteiger partial charge on any atom is -0.497 e. The SMILES string of the molecule is CCC(=O)N(C)c1ccc(-c2sc3c(c2CN(C)Cc2ccccc2)c(=O)n(-c2cccc(OC)c2)c(=O)n3Cc2c(F)cccc2F)cc1. The molecule has 0 unspecified atom stereocenters. The molecule has 0 aliphatic rings. The summed E-state index contributed by atoms with van der Waals surface area (Å²) in [5, 5.41) is 0.270. The topological polar surface area (TPSA) is 76.8 Å². The van der Waals surface area contributed by atoms with Crippen LogP contribution >= 0.6 is 11.3 Å². The summed E-state index contributed by atoms with van der Waals surface area (Å²) in [6.07, 6.45) is 0.353. The van der Waals surface area contributed by atoms with Crippen molar-refractivity contribution in [3.63, 3.8) is 0 Å². The quantitative estimate of drug-likeness (QED) is 0.143. The predicted molar refractivity (Wildman–Crippen MR) is 194 cm³/mol. The van der Waals surface area contributed by atoms with Crippen LogP contribution in [0.25, 0.3) is 26.3 Å². The Hall–Kier alpha value is -5.39. The summed E-state index contributed by atoms with van der Waals surface area (Å²) in [5.74, 6) is -1.21. The number of benzene rings is 4. The van der Waals surface area contributed by atoms with Crippen molar-refractivity contribution in [2.24, 2.45) is 0 Å². The number of halogens is 2. The molecule has 0 bridgehead atoms. The number of methoxy groups -OCH3 is 1. The summed E-state index contributed by atoms with van der Waals surface area (Å²) in [6.45, 7) is 2.25. The van der Waals surface area contributed by atoms with Gasteiger partial charge in [-0.15, -0.1) is 11.3 Å². The van der Waals surface area contributed by atoms with Crippen LogP contribution in [-0.2, 0) is 24.4 Å². The number of nitrogens with zero attached hydrogens (tertiary/aromatic N) is 4. The third kappa shape index (κ3) is 6.74. The first kappa shape index (κ1) is 34.5. The molecule has 50 heavy (non-hydrogen) atoms. The lowest BCUT2D eigenvalue weighted by Crippen LogP contribution is -2.39. The Morgan fingerprint density at radius 3 is 2.18 bits per heavy atom. The monoisotopic (exact) mass is 694 g/mol. The zero-order chi connectivity index (χ0) is 35.5. The summed E-state index contributed by atoms with van der Waals surface area (Å²) < 4.78 is 37.9. The highest BCUT2D eigenvalue weighted by atomic mass is 32.1. The largest absolute Gasteiger partial charge is 0.497 e. The van der Waals surface area contributed by atoms with Crippen molar-refractivity contribution in [3.8, 4) is 21.9 Å². The number of anilines is 1. The predicted octanol–water partition coefficient (Wildman–Crippen LogP) is 7.22. The van der Waals surface area contributed by atoms with Crippen molar-refractivity contribution in [1.82, 2.24) is 14.0 Å². The fourth-order valence-electron chi connectivity index (χ4n) is 6.05. The molecule has 0 saturated carbocycles. The van der Waals surface area contributed by atoms with Gasteiger partial charge in [0.05, 0.1) is 24.7 Å². The maximum atomic E-state index is 15.1. The number of rotatable bonds is 11. The zero-order valence-electron chi connectivity index (χ0n) is 28.2. The van der Waals surface area contributed by atoms with Crippen molar-refractivity contribution in [1.29, 1.82) is 0 Å². The molecule has 4 aromatic carbocycles. The van der Waals surface area contributed by atoms with Crippen LogP contribution in [0.3, 0.4) is 0 Å². The molecule has 0 fully saturated rings. The zero-order valence-corrected chi connectivity index (χ0v) is 29.0. The molecule has 1 amide bonds. The van der Waals surface area contributed by atoms with E-state index in [1.807, 2.05) is 61.6 Å². The minimum atomic E-state index is -0.801. The number of hydrogen-bond acceptors (Lipinski definition) is 6. The Kier molecular flexibility index (Phi) is 10.1. The van der Waals surface area contributed by atoms with E-state index in [1.54, 1.807) is 43.1 Å². The van der Waals surface area contributed by atoms with E-state index in [1.165, 1.54) is 29.1 Å². The molecule has 2 heterocycles. The lowest BCUT2D eigenvalue weighted by molar-refractivity contribution is -0.118. The van der Waals surface area contributed by atoms with Crippen LogP contribution in [0.1, 0.15) is 30.0 Å². The first-order valence-electron chi connectivity index (χ1n) is 16.1. The van der Waals surface area contributed by atoms with Crippen molar-refractivity contribution < 1.29 is 18.3 Å². The maximum Gasteiger partial charge on any atom is 0.337 e. The highest BCUT2D eigenvalue weighted by Gasteiger charge is 2.26. The number of carbonyl (C=O) groups excluding carboxylic acids is 1. The van der Waals surface area contributed by atoms with E-state index in [-0.39, 0.29) is 22.5 Å². The molecule has 256 valence electrons. The highest BCUT2D eigenvalue weighted by Crippen LogP contribution is 2.39. The molecular weight excluding hydrogens is 659 g/mol. The third-order valence-corrected chi connectivity index (χ3v) is 9.98. The number of hydrogen-bond donors (Lipinski definition) is 0. The number of fused-ring (bicyclic) bond motifs is 1. The molecule has 0 aliphatic heterocycles. The van der Waals surface area contributed by atoms with E-state index in [0.29, 0.717) is 41.3 Å². The van der Waals surface area contributed by atoms with Crippen LogP contribution < -0.4 is 20.9 Å². The van der Waals surface area contributed by atoms with Gasteiger partial charge >= 0.3 is 5.69 Å². The number of amides is 1. The standard InChI is InChI=1S/C39H36F2N4O4S/c1-5-34(46)43(3)27-19-17-26(18-20-27)36-31(23-42(2)22-25-11-7-6-8-12-25)35-37(47)45(28-13-9-14-29(21-28)49-4)39(48)44(38(35)50-36)24-30-32(40)15-10-16-33(30)41/h6-21H,5,22-24H2,1-4H3. The average Bonchev–Trinajstić information content (AvgIpc) is 3.49. The number of thiophene rings is 1. The van der Waals surface area contributed by atoms with Crippen molar-refractivity contribution in [3.05, 3.63) is 146 Å². The van der Waals surface area contributed by atoms with E-state index in [9.17, 15) is 14.4 Å². The van der Waals surface area contributed by atoms with Gasteiger partial charge in [0.25, 0.3) is 5.56 Å². The van der Waals surface area contributed by atoms with Gasteiger partial charge < -0.3 is 9.64 Å². The summed E-state index contributed by atoms with van der Waals surface area (Å²) >= 11 is 1.22. The Morgan fingerprint density at radius 2 is 1.52 bits per heavy atom. The molecule has 2 aromatic heterocycles. The molecule has 6 aromatic rings. The lowest BCUT2D eigenvalue weighted by Gasteiger charge is -2.19. The highest BCUT2D eigenvalue weighted by molar-refractivity contribution is 7.22. The van der Waals surface area contributed by atoms with Crippen LogP contribution in [0.5, 0.6) is 5.75 Å². The number of aromatic nitrogens is 2. The molecule has 0 radical (unpaired) electrons. The molecule has 0 atom stereocenters. The van der Waals surface area contributed by atoms with Crippen LogP contribution in [0.2, 0.25) is 0 Å². The van der Waals surface area contributed by atoms with Gasteiger partial charge in [0.1, 0.15) is 22.2 Å². The summed E-state index contributed by atoms with van der Waals surface area (Å²) in [4.78, 5) is 46.1. The first-order valence-corrected chi connectivity index (χ1v) is 16.9. The van der Waals surface area contributed by atoms with Gasteiger partial charge in [-0.2, -0.15) is 0 Å². The molecular formula is C39H36F2N4O4S. The van der Waals surface area contributed by atoms with Gasteiger partial charge in [-0.1, -0.05) is 61.5 Å². The van der Waals surface area contributed by atoms with E-state index < -0.39 is 29.4 Å². The van der Waals surface area contributed by atoms with Crippen molar-refractivity contribution >= 4 is 33.1 Å². The molecule has 0 N–H and O–H groups in total. The Labute approximate surface area is 292 Å². The number of ether oxygens (including phenoxy) is 1. The van der Waals surface area contributed by atoms with Gasteiger partial charge in [0.2, 0.25) is 5.91 Å². The smallest absolute Gasteiger partial charge is 0.337 e. The normalized spacial score (nSPS) is 11.3. The average molecular weight is 695 g/mol. The van der Waals surface area contributed by atoms with Gasteiger partial charge in [0.15, 0.2) is 0 Å². The Bertz CT molecular complexity index is 2280. The third-order valence-electron chi connectivity index (χ3n) is 8.68. The van der Waals surface area contributed by atoms with Gasteiger partial charge in [-0.25, -0.2) is 18.1 Å². The van der Waals surface area contributed by atoms with Crippen LogP contribution in [0, 0.1) is 11.6 Å². The van der Waals surface area contributed by atoms with E-state index in [2.05, 4.69) is 4.90 Å². The molecule has 11 heteroatoms. The molecule has 0 saturated heterocycles. The van der Waals surface area contributed by atoms with Gasteiger partial charge in [-0.3, -0.25) is 19.1 Å². The maximum absolute atomic E-state index is 15.1. The van der Waals surface area contributed by atoms with Crippen molar-refractivity contribution in [2.45, 2.75) is 33.0 Å². The first-order chi connectivity index (χ1) is 24.1. The number of carbonyl (C=O) groups is 1. The summed E-state index contributed by atoms with van der Waals surface area (Å²) in [6, 6.07) is 27.4. The molecule has 0 aliphatic carbocycles. The van der Waals surface area contributed by atoms with Crippen LogP contribution in [0.15, 0.2) is 107 Å². The second-order valence-corrected chi connectivity index (χ2v) is 13.0. The molecule has 8 nitrogen and oxygen atoms in total. The fourth-order valence-corrected chi connectivity index (χ4v) is 7.35. The fraction of sp³-hybridized carbons (Fsp3) is 0.205. The summed E-state index contributed by atoms with van der Waals surface area (Å²) in [7, 11) is 5.14. The Balaban J connectivity index is 1.63. The van der Waals surface area contributed by atoms with Crippen LogP contribution in [0.4, 0.5) is 14.5 Å². The van der Waals surface area contributed by atoms with E-state index in [0.717, 1.165) is 32.7 Å². The van der Waals surface area contributed by atoms with E-state index in [4.69, 9.17) is 4.74 Å². The van der Waals surface area contributed by atoms with Crippen LogP contribution in [-0.4, -0.2) is 41.1 Å². The Morgan fingerprint density at radius 1 is 0.840 bits per heavy atom. The summed E-state index contributed by atoms with van der Waals surface area (Å²) in [5.41, 5.74) is 1.87.